The van der Waals surface area contributed by atoms with Crippen molar-refractivity contribution in [1.82, 2.24) is 14.9 Å². The summed E-state index contributed by atoms with van der Waals surface area (Å²) >= 11 is 0. The van der Waals surface area contributed by atoms with E-state index in [1.807, 2.05) is 30.3 Å². The highest BCUT2D eigenvalue weighted by Crippen LogP contribution is 2.25. The van der Waals surface area contributed by atoms with Gasteiger partial charge in [-0.3, -0.25) is 19.5 Å². The molecule has 1 unspecified atom stereocenters. The fourth-order valence-electron chi connectivity index (χ4n) is 2.87. The Morgan fingerprint density at radius 1 is 1.21 bits per heavy atom. The standard InChI is InChI=1S/C17H14N4O3/c22-17-13-10-12(21(23)24)6-7-14(13)19-16(15-8-9-18-15)20(17)11-4-2-1-3-5-11/h1-7,10,15,18H,8-9H2. The van der Waals surface area contributed by atoms with Crippen molar-refractivity contribution in [2.75, 3.05) is 6.54 Å². The van der Waals surface area contributed by atoms with Crippen LogP contribution in [0.5, 0.6) is 0 Å². The molecule has 2 aromatic carbocycles. The molecule has 3 aromatic rings. The van der Waals surface area contributed by atoms with Crippen LogP contribution in [-0.2, 0) is 0 Å². The topological polar surface area (TPSA) is 90.1 Å². The molecule has 1 atom stereocenters. The van der Waals surface area contributed by atoms with Gasteiger partial charge < -0.3 is 5.32 Å². The van der Waals surface area contributed by atoms with Crippen molar-refractivity contribution in [2.24, 2.45) is 0 Å². The minimum atomic E-state index is -0.507. The average Bonchev–Trinajstić information content (AvgIpc) is 2.54. The van der Waals surface area contributed by atoms with Crippen LogP contribution in [0, 0.1) is 10.1 Å². The summed E-state index contributed by atoms with van der Waals surface area (Å²) in [5, 5.41) is 14.5. The van der Waals surface area contributed by atoms with E-state index in [4.69, 9.17) is 0 Å². The van der Waals surface area contributed by atoms with Gasteiger partial charge in [-0.15, -0.1) is 0 Å². The predicted molar refractivity (Wildman–Crippen MR) is 89.4 cm³/mol. The molecule has 7 heteroatoms. The number of aromatic nitrogens is 2. The van der Waals surface area contributed by atoms with Gasteiger partial charge in [0.25, 0.3) is 11.2 Å². The Morgan fingerprint density at radius 3 is 2.58 bits per heavy atom. The molecule has 2 heterocycles. The van der Waals surface area contributed by atoms with Crippen LogP contribution in [0.15, 0.2) is 53.3 Å². The summed E-state index contributed by atoms with van der Waals surface area (Å²) in [7, 11) is 0. The van der Waals surface area contributed by atoms with Crippen LogP contribution in [0.2, 0.25) is 0 Å². The summed E-state index contributed by atoms with van der Waals surface area (Å²) in [4.78, 5) is 28.2. The molecule has 1 N–H and O–H groups in total. The summed E-state index contributed by atoms with van der Waals surface area (Å²) in [6.07, 6.45) is 0.901. The van der Waals surface area contributed by atoms with Crippen LogP contribution in [-0.4, -0.2) is 21.0 Å². The maximum absolute atomic E-state index is 13.0. The molecular weight excluding hydrogens is 308 g/mol. The molecule has 1 fully saturated rings. The molecule has 0 saturated carbocycles. The minimum absolute atomic E-state index is 0.0116. The van der Waals surface area contributed by atoms with Gasteiger partial charge >= 0.3 is 0 Å². The lowest BCUT2D eigenvalue weighted by Gasteiger charge is -2.29. The number of hydrogen-bond acceptors (Lipinski definition) is 5. The molecule has 0 aliphatic carbocycles. The number of nitrogens with zero attached hydrogens (tertiary/aromatic N) is 3. The van der Waals surface area contributed by atoms with Crippen molar-refractivity contribution in [3.63, 3.8) is 0 Å². The van der Waals surface area contributed by atoms with Crippen LogP contribution < -0.4 is 10.9 Å². The molecule has 1 saturated heterocycles. The lowest BCUT2D eigenvalue weighted by molar-refractivity contribution is -0.384. The van der Waals surface area contributed by atoms with Crippen LogP contribution in [0.1, 0.15) is 18.3 Å². The van der Waals surface area contributed by atoms with E-state index in [0.29, 0.717) is 17.0 Å². The number of hydrogen-bond donors (Lipinski definition) is 1. The van der Waals surface area contributed by atoms with Crippen LogP contribution in [0.25, 0.3) is 16.6 Å². The fourth-order valence-corrected chi connectivity index (χ4v) is 2.87. The molecule has 1 aromatic heterocycles. The molecule has 24 heavy (non-hydrogen) atoms. The fraction of sp³-hybridized carbons (Fsp3) is 0.176. The summed E-state index contributed by atoms with van der Waals surface area (Å²) in [5.41, 5.74) is 0.766. The van der Waals surface area contributed by atoms with E-state index in [2.05, 4.69) is 10.3 Å². The third-order valence-electron chi connectivity index (χ3n) is 4.24. The summed E-state index contributed by atoms with van der Waals surface area (Å²) < 4.78 is 1.54. The van der Waals surface area contributed by atoms with E-state index < -0.39 is 4.92 Å². The lowest BCUT2D eigenvalue weighted by Crippen LogP contribution is -2.39. The van der Waals surface area contributed by atoms with Crippen molar-refractivity contribution in [3.05, 3.63) is 74.8 Å². The smallest absolute Gasteiger partial charge is 0.270 e. The Morgan fingerprint density at radius 2 is 1.96 bits per heavy atom. The second-order valence-corrected chi connectivity index (χ2v) is 5.70. The zero-order valence-electron chi connectivity index (χ0n) is 12.7. The number of fused-ring (bicyclic) bond motifs is 1. The number of benzene rings is 2. The quantitative estimate of drug-likeness (QED) is 0.590. The number of non-ortho nitro benzene ring substituents is 1. The van der Waals surface area contributed by atoms with Crippen molar-refractivity contribution in [2.45, 2.75) is 12.5 Å². The Labute approximate surface area is 136 Å². The molecule has 0 spiro atoms. The van der Waals surface area contributed by atoms with E-state index in [9.17, 15) is 14.9 Å². The van der Waals surface area contributed by atoms with Gasteiger partial charge in [-0.05, 0) is 31.2 Å². The van der Waals surface area contributed by atoms with Crippen LogP contribution >= 0.6 is 0 Å². The van der Waals surface area contributed by atoms with Crippen molar-refractivity contribution in [1.29, 1.82) is 0 Å². The van der Waals surface area contributed by atoms with E-state index in [1.54, 1.807) is 4.57 Å². The number of nitrogens with one attached hydrogen (secondary N) is 1. The van der Waals surface area contributed by atoms with Gasteiger partial charge in [0.1, 0.15) is 5.82 Å². The Balaban J connectivity index is 2.04. The average molecular weight is 322 g/mol. The number of nitro benzene ring substituents is 1. The molecule has 7 nitrogen and oxygen atoms in total. The van der Waals surface area contributed by atoms with Gasteiger partial charge in [0.15, 0.2) is 0 Å². The maximum Gasteiger partial charge on any atom is 0.270 e. The van der Waals surface area contributed by atoms with Gasteiger partial charge in [-0.25, -0.2) is 4.98 Å². The molecule has 1 aliphatic rings. The first-order valence-electron chi connectivity index (χ1n) is 7.65. The van der Waals surface area contributed by atoms with E-state index in [1.165, 1.54) is 18.2 Å². The molecule has 0 amide bonds. The van der Waals surface area contributed by atoms with E-state index in [-0.39, 0.29) is 22.7 Å². The summed E-state index contributed by atoms with van der Waals surface area (Å²) in [6, 6.07) is 13.4. The van der Waals surface area contributed by atoms with Gasteiger partial charge in [0, 0.05) is 12.1 Å². The SMILES string of the molecule is O=c1c2cc([N+](=O)[O-])ccc2nc(C2CCN2)n1-c1ccccc1. The highest BCUT2D eigenvalue weighted by molar-refractivity contribution is 5.80. The molecule has 1 aliphatic heterocycles. The number of para-hydroxylation sites is 1. The Bertz CT molecular complexity index is 994. The predicted octanol–water partition coefficient (Wildman–Crippen LogP) is 2.33. The zero-order valence-corrected chi connectivity index (χ0v) is 12.7. The Kier molecular flexibility index (Phi) is 3.35. The first-order chi connectivity index (χ1) is 11.6. The van der Waals surface area contributed by atoms with Crippen molar-refractivity contribution >= 4 is 16.6 Å². The van der Waals surface area contributed by atoms with Crippen LogP contribution in [0.3, 0.4) is 0 Å². The van der Waals surface area contributed by atoms with Crippen LogP contribution in [0.4, 0.5) is 5.69 Å². The van der Waals surface area contributed by atoms with E-state index >= 15 is 0 Å². The number of nitro groups is 1. The second-order valence-electron chi connectivity index (χ2n) is 5.70. The lowest BCUT2D eigenvalue weighted by atomic mass is 10.1. The van der Waals surface area contributed by atoms with Crippen molar-refractivity contribution < 1.29 is 4.92 Å². The molecule has 0 radical (unpaired) electrons. The van der Waals surface area contributed by atoms with Gasteiger partial charge in [0.05, 0.1) is 27.6 Å². The zero-order chi connectivity index (χ0) is 16.7. The van der Waals surface area contributed by atoms with Gasteiger partial charge in [-0.2, -0.15) is 0 Å². The number of rotatable bonds is 3. The first-order valence-corrected chi connectivity index (χ1v) is 7.65. The van der Waals surface area contributed by atoms with Crippen molar-refractivity contribution in [3.8, 4) is 5.69 Å². The normalized spacial score (nSPS) is 16.8. The largest absolute Gasteiger partial charge is 0.307 e. The second kappa shape index (κ2) is 5.54. The summed E-state index contributed by atoms with van der Waals surface area (Å²) in [5.74, 6) is 0.638. The highest BCUT2D eigenvalue weighted by Gasteiger charge is 2.26. The Hall–Kier alpha value is -3.06. The third kappa shape index (κ3) is 2.26. The van der Waals surface area contributed by atoms with E-state index in [0.717, 1.165) is 13.0 Å². The molecule has 4 rings (SSSR count). The third-order valence-corrected chi connectivity index (χ3v) is 4.24. The molecule has 0 bridgehead atoms. The maximum atomic E-state index is 13.0. The molecule has 120 valence electrons. The first kappa shape index (κ1) is 14.5. The highest BCUT2D eigenvalue weighted by atomic mass is 16.6. The monoisotopic (exact) mass is 322 g/mol. The van der Waals surface area contributed by atoms with Gasteiger partial charge in [0.2, 0.25) is 0 Å². The van der Waals surface area contributed by atoms with Gasteiger partial charge in [-0.1, -0.05) is 18.2 Å². The molecular formula is C17H14N4O3. The summed E-state index contributed by atoms with van der Waals surface area (Å²) in [6.45, 7) is 0.883. The minimum Gasteiger partial charge on any atom is -0.307 e.